The van der Waals surface area contributed by atoms with E-state index < -0.39 is 10.0 Å². The molecule has 29 heavy (non-hydrogen) atoms. The topological polar surface area (TPSA) is 79.3 Å². The predicted octanol–water partition coefficient (Wildman–Crippen LogP) is 2.67. The lowest BCUT2D eigenvalue weighted by Crippen LogP contribution is -2.49. The highest BCUT2D eigenvalue weighted by molar-refractivity contribution is 7.89. The molecular weight excluding hydrogens is 386 g/mol. The van der Waals surface area contributed by atoms with Crippen LogP contribution in [0.25, 0.3) is 11.3 Å². The van der Waals surface area contributed by atoms with Gasteiger partial charge in [0.1, 0.15) is 0 Å². The van der Waals surface area contributed by atoms with E-state index in [0.29, 0.717) is 31.1 Å². The lowest BCUT2D eigenvalue weighted by atomic mass is 10.2. The van der Waals surface area contributed by atoms with Gasteiger partial charge in [-0.3, -0.25) is 4.98 Å². The van der Waals surface area contributed by atoms with Gasteiger partial charge in [-0.25, -0.2) is 8.42 Å². The maximum absolute atomic E-state index is 13.1. The monoisotopic (exact) mass is 409 g/mol. The van der Waals surface area contributed by atoms with Crippen LogP contribution in [0.1, 0.15) is 11.1 Å². The van der Waals surface area contributed by atoms with E-state index in [1.165, 1.54) is 0 Å². The molecule has 0 unspecified atom stereocenters. The lowest BCUT2D eigenvalue weighted by molar-refractivity contribution is 0.383. The Morgan fingerprint density at radius 3 is 2.24 bits per heavy atom. The first-order chi connectivity index (χ1) is 13.9. The molecule has 8 heteroatoms. The summed E-state index contributed by atoms with van der Waals surface area (Å²) in [6, 6.07) is 13.2. The highest BCUT2D eigenvalue weighted by Crippen LogP contribution is 2.24. The fraction of sp³-hybridized carbons (Fsp3) is 0.286. The van der Waals surface area contributed by atoms with Crippen LogP contribution in [-0.2, 0) is 10.0 Å². The van der Waals surface area contributed by atoms with Crippen molar-refractivity contribution in [2.24, 2.45) is 0 Å². The maximum Gasteiger partial charge on any atom is 0.243 e. The quantitative estimate of drug-likeness (QED) is 0.659. The molecule has 0 N–H and O–H groups in total. The molecule has 1 aliphatic heterocycles. The van der Waals surface area contributed by atoms with E-state index in [4.69, 9.17) is 0 Å². The Morgan fingerprint density at radius 2 is 1.59 bits per heavy atom. The number of piperazine rings is 1. The Bertz CT molecular complexity index is 1090. The molecule has 3 heterocycles. The number of aromatic nitrogens is 3. The number of sulfonamides is 1. The Morgan fingerprint density at radius 1 is 0.862 bits per heavy atom. The van der Waals surface area contributed by atoms with Gasteiger partial charge >= 0.3 is 0 Å². The van der Waals surface area contributed by atoms with Crippen LogP contribution in [-0.4, -0.2) is 54.1 Å². The highest BCUT2D eigenvalue weighted by atomic mass is 32.2. The molecule has 0 radical (unpaired) electrons. The lowest BCUT2D eigenvalue weighted by Gasteiger charge is -2.34. The third-order valence-electron chi connectivity index (χ3n) is 5.15. The number of aryl methyl sites for hydroxylation is 2. The van der Waals surface area contributed by atoms with Crippen molar-refractivity contribution in [3.8, 4) is 11.3 Å². The fourth-order valence-electron chi connectivity index (χ4n) is 3.45. The van der Waals surface area contributed by atoms with Gasteiger partial charge in [-0.2, -0.15) is 4.31 Å². The molecular formula is C21H23N5O2S. The summed E-state index contributed by atoms with van der Waals surface area (Å²) < 4.78 is 27.7. The number of anilines is 1. The van der Waals surface area contributed by atoms with Crippen molar-refractivity contribution in [2.45, 2.75) is 18.7 Å². The molecule has 1 saturated heterocycles. The van der Waals surface area contributed by atoms with Crippen LogP contribution in [0, 0.1) is 13.8 Å². The molecule has 150 valence electrons. The molecule has 0 saturated carbocycles. The van der Waals surface area contributed by atoms with E-state index in [2.05, 4.69) is 20.1 Å². The van der Waals surface area contributed by atoms with Crippen LogP contribution in [0.3, 0.4) is 0 Å². The highest BCUT2D eigenvalue weighted by Gasteiger charge is 2.30. The SMILES string of the molecule is Cc1ccc(C)c(S(=O)(=O)N2CCN(c3ccc(-c4ccncc4)nn3)CC2)c1. The van der Waals surface area contributed by atoms with Crippen molar-refractivity contribution in [1.29, 1.82) is 0 Å². The van der Waals surface area contributed by atoms with Gasteiger partial charge in [0.2, 0.25) is 10.0 Å². The Kier molecular flexibility index (Phi) is 5.29. The van der Waals surface area contributed by atoms with Crippen molar-refractivity contribution in [3.63, 3.8) is 0 Å². The van der Waals surface area contributed by atoms with Gasteiger partial charge in [-0.15, -0.1) is 10.2 Å². The Hall–Kier alpha value is -2.84. The molecule has 4 rings (SSSR count). The third-order valence-corrected chi connectivity index (χ3v) is 7.19. The molecule has 0 amide bonds. The van der Waals surface area contributed by atoms with Gasteiger partial charge in [0.25, 0.3) is 0 Å². The van der Waals surface area contributed by atoms with E-state index in [-0.39, 0.29) is 0 Å². The standard InChI is InChI=1S/C21H23N5O2S/c1-16-3-4-17(2)20(15-16)29(27,28)26-13-11-25(12-14-26)21-6-5-19(23-24-21)18-7-9-22-10-8-18/h3-10,15H,11-14H2,1-2H3. The zero-order chi connectivity index (χ0) is 20.4. The number of rotatable bonds is 4. The summed E-state index contributed by atoms with van der Waals surface area (Å²) in [4.78, 5) is 6.47. The molecule has 0 bridgehead atoms. The second-order valence-electron chi connectivity index (χ2n) is 7.17. The number of nitrogens with zero attached hydrogens (tertiary/aromatic N) is 5. The van der Waals surface area contributed by atoms with E-state index in [0.717, 1.165) is 28.2 Å². The number of hydrogen-bond acceptors (Lipinski definition) is 6. The van der Waals surface area contributed by atoms with Gasteiger partial charge in [-0.1, -0.05) is 12.1 Å². The van der Waals surface area contributed by atoms with Crippen LogP contribution in [0.5, 0.6) is 0 Å². The second-order valence-corrected chi connectivity index (χ2v) is 9.08. The average Bonchev–Trinajstić information content (AvgIpc) is 2.76. The molecule has 1 fully saturated rings. The normalized spacial score (nSPS) is 15.4. The van der Waals surface area contributed by atoms with Crippen molar-refractivity contribution < 1.29 is 8.42 Å². The third kappa shape index (κ3) is 3.99. The summed E-state index contributed by atoms with van der Waals surface area (Å²) in [5.74, 6) is 0.756. The first-order valence-corrected chi connectivity index (χ1v) is 11.0. The minimum absolute atomic E-state index is 0.396. The number of hydrogen-bond donors (Lipinski definition) is 0. The first-order valence-electron chi connectivity index (χ1n) is 9.51. The summed E-state index contributed by atoms with van der Waals surface area (Å²) in [5.41, 5.74) is 3.46. The second kappa shape index (κ2) is 7.88. The molecule has 3 aromatic rings. The fourth-order valence-corrected chi connectivity index (χ4v) is 5.18. The zero-order valence-electron chi connectivity index (χ0n) is 16.5. The average molecular weight is 410 g/mol. The van der Waals surface area contributed by atoms with Gasteiger partial charge in [-0.05, 0) is 55.3 Å². The van der Waals surface area contributed by atoms with Crippen molar-refractivity contribution in [3.05, 3.63) is 66.0 Å². The van der Waals surface area contributed by atoms with Gasteiger partial charge < -0.3 is 4.90 Å². The van der Waals surface area contributed by atoms with E-state index in [9.17, 15) is 8.42 Å². The van der Waals surface area contributed by atoms with E-state index >= 15 is 0 Å². The van der Waals surface area contributed by atoms with Gasteiger partial charge in [0, 0.05) is 44.1 Å². The van der Waals surface area contributed by atoms with E-state index in [1.54, 1.807) is 22.8 Å². The molecule has 0 atom stereocenters. The first kappa shape index (κ1) is 19.5. The minimum Gasteiger partial charge on any atom is -0.352 e. The van der Waals surface area contributed by atoms with Crippen LogP contribution < -0.4 is 4.90 Å². The molecule has 7 nitrogen and oxygen atoms in total. The Balaban J connectivity index is 1.46. The largest absolute Gasteiger partial charge is 0.352 e. The Labute approximate surface area is 171 Å². The molecule has 1 aliphatic rings. The van der Waals surface area contributed by atoms with Crippen LogP contribution in [0.2, 0.25) is 0 Å². The summed E-state index contributed by atoms with van der Waals surface area (Å²) in [6.07, 6.45) is 3.45. The van der Waals surface area contributed by atoms with Crippen LogP contribution >= 0.6 is 0 Å². The van der Waals surface area contributed by atoms with Gasteiger partial charge in [0.05, 0.1) is 10.6 Å². The maximum atomic E-state index is 13.1. The van der Waals surface area contributed by atoms with Crippen LogP contribution in [0.4, 0.5) is 5.82 Å². The summed E-state index contributed by atoms with van der Waals surface area (Å²) in [6.45, 7) is 5.74. The zero-order valence-corrected chi connectivity index (χ0v) is 17.3. The van der Waals surface area contributed by atoms with Crippen molar-refractivity contribution in [2.75, 3.05) is 31.1 Å². The summed E-state index contributed by atoms with van der Waals surface area (Å²) in [5, 5.41) is 8.65. The number of benzene rings is 1. The van der Waals surface area contributed by atoms with Crippen molar-refractivity contribution >= 4 is 15.8 Å². The summed E-state index contributed by atoms with van der Waals surface area (Å²) in [7, 11) is -3.50. The van der Waals surface area contributed by atoms with Gasteiger partial charge in [0.15, 0.2) is 5.82 Å². The molecule has 1 aromatic carbocycles. The smallest absolute Gasteiger partial charge is 0.243 e. The molecule has 0 spiro atoms. The minimum atomic E-state index is -3.50. The van der Waals surface area contributed by atoms with Crippen LogP contribution in [0.15, 0.2) is 59.8 Å². The summed E-state index contributed by atoms with van der Waals surface area (Å²) >= 11 is 0. The molecule has 2 aromatic heterocycles. The number of pyridine rings is 1. The molecule has 0 aliphatic carbocycles. The van der Waals surface area contributed by atoms with Crippen molar-refractivity contribution in [1.82, 2.24) is 19.5 Å². The predicted molar refractivity (Wildman–Crippen MR) is 112 cm³/mol. The van der Waals surface area contributed by atoms with E-state index in [1.807, 2.05) is 50.2 Å².